The molecule has 0 unspecified atom stereocenters. The Hall–Kier alpha value is -2.70. The number of rotatable bonds is 6. The molecule has 3 aromatic rings. The molecule has 0 bridgehead atoms. The van der Waals surface area contributed by atoms with Gasteiger partial charge in [-0.2, -0.15) is 5.10 Å². The van der Waals surface area contributed by atoms with Crippen molar-refractivity contribution in [1.29, 1.82) is 0 Å². The molecule has 8 nitrogen and oxygen atoms in total. The molecule has 166 valence electrons. The summed E-state index contributed by atoms with van der Waals surface area (Å²) in [4.78, 5) is 21.5. The Balaban J connectivity index is 1.62. The number of thiazole rings is 1. The second-order valence-corrected chi connectivity index (χ2v) is 7.93. The van der Waals surface area contributed by atoms with Crippen LogP contribution in [-0.2, 0) is 11.8 Å². The highest BCUT2D eigenvalue weighted by molar-refractivity contribution is 7.22. The Morgan fingerprint density at radius 2 is 2.06 bits per heavy atom. The summed E-state index contributed by atoms with van der Waals surface area (Å²) >= 11 is 1.14. The van der Waals surface area contributed by atoms with Crippen LogP contribution in [0, 0.1) is 0 Å². The third-order valence-electron chi connectivity index (χ3n) is 4.84. The zero-order chi connectivity index (χ0) is 22.0. The number of halogens is 3. The number of anilines is 1. The SMILES string of the molecule is Cn1nccc1C(=O)N(CCN1CCOCC1)c1nc2ccc(OC(F)(F)F)cc2s1. The van der Waals surface area contributed by atoms with Gasteiger partial charge in [0, 0.05) is 45.5 Å². The number of carbonyl (C=O) groups is 1. The van der Waals surface area contributed by atoms with Gasteiger partial charge in [-0.05, 0) is 18.2 Å². The van der Waals surface area contributed by atoms with E-state index >= 15 is 0 Å². The molecule has 0 radical (unpaired) electrons. The molecule has 1 aliphatic heterocycles. The van der Waals surface area contributed by atoms with Crippen LogP contribution in [0.1, 0.15) is 10.5 Å². The average molecular weight is 455 g/mol. The molecule has 3 heterocycles. The van der Waals surface area contributed by atoms with Crippen molar-refractivity contribution >= 4 is 32.6 Å². The first kappa shape index (κ1) is 21.5. The number of fused-ring (bicyclic) bond motifs is 1. The molecule has 0 aliphatic carbocycles. The fourth-order valence-corrected chi connectivity index (χ4v) is 4.30. The number of benzene rings is 1. The predicted molar refractivity (Wildman–Crippen MR) is 108 cm³/mol. The van der Waals surface area contributed by atoms with Crippen LogP contribution in [0.25, 0.3) is 10.2 Å². The highest BCUT2D eigenvalue weighted by atomic mass is 32.1. The Labute approximate surface area is 179 Å². The molecule has 1 aliphatic rings. The minimum absolute atomic E-state index is 0.279. The predicted octanol–water partition coefficient (Wildman–Crippen LogP) is 2.91. The van der Waals surface area contributed by atoms with E-state index in [1.54, 1.807) is 18.0 Å². The molecule has 0 atom stereocenters. The van der Waals surface area contributed by atoms with E-state index in [0.29, 0.717) is 47.3 Å². The van der Waals surface area contributed by atoms with Crippen LogP contribution < -0.4 is 9.64 Å². The van der Waals surface area contributed by atoms with E-state index in [9.17, 15) is 18.0 Å². The minimum Gasteiger partial charge on any atom is -0.406 e. The first-order valence-corrected chi connectivity index (χ1v) is 10.4. The van der Waals surface area contributed by atoms with Crippen LogP contribution in [0.15, 0.2) is 30.5 Å². The molecule has 1 fully saturated rings. The van der Waals surface area contributed by atoms with Gasteiger partial charge in [0.25, 0.3) is 5.91 Å². The average Bonchev–Trinajstić information content (AvgIpc) is 3.33. The van der Waals surface area contributed by atoms with E-state index in [1.165, 1.54) is 29.1 Å². The van der Waals surface area contributed by atoms with Crippen molar-refractivity contribution < 1.29 is 27.4 Å². The van der Waals surface area contributed by atoms with Crippen LogP contribution >= 0.6 is 11.3 Å². The summed E-state index contributed by atoms with van der Waals surface area (Å²) in [6, 6.07) is 5.55. The van der Waals surface area contributed by atoms with E-state index < -0.39 is 6.36 Å². The van der Waals surface area contributed by atoms with Gasteiger partial charge < -0.3 is 9.47 Å². The van der Waals surface area contributed by atoms with Gasteiger partial charge in [0.15, 0.2) is 5.13 Å². The number of morpholine rings is 1. The summed E-state index contributed by atoms with van der Waals surface area (Å²) < 4.78 is 49.0. The van der Waals surface area contributed by atoms with Crippen LogP contribution in [-0.4, -0.2) is 71.3 Å². The van der Waals surface area contributed by atoms with Gasteiger partial charge in [-0.25, -0.2) is 4.98 Å². The van der Waals surface area contributed by atoms with Crippen molar-refractivity contribution in [1.82, 2.24) is 19.7 Å². The number of aryl methyl sites for hydroxylation is 1. The maximum absolute atomic E-state index is 13.2. The molecule has 0 saturated carbocycles. The second-order valence-electron chi connectivity index (χ2n) is 6.92. The Bertz CT molecular complexity index is 1060. The fourth-order valence-electron chi connectivity index (χ4n) is 3.28. The standard InChI is InChI=1S/C19H20F3N5O3S/c1-25-15(4-5-23-25)17(28)27(7-6-26-8-10-29-11-9-26)18-24-14-3-2-13(12-16(14)31-18)30-19(20,21)22/h2-5,12H,6-11H2,1H3. The van der Waals surface area contributed by atoms with Gasteiger partial charge in [-0.3, -0.25) is 19.3 Å². The molecule has 31 heavy (non-hydrogen) atoms. The number of hydrogen-bond acceptors (Lipinski definition) is 7. The molecule has 12 heteroatoms. The highest BCUT2D eigenvalue weighted by Gasteiger charge is 2.31. The van der Waals surface area contributed by atoms with Crippen molar-refractivity contribution in [3.63, 3.8) is 0 Å². The summed E-state index contributed by atoms with van der Waals surface area (Å²) in [6.07, 6.45) is -3.24. The number of carbonyl (C=O) groups excluding carboxylic acids is 1. The summed E-state index contributed by atoms with van der Waals surface area (Å²) in [5.41, 5.74) is 0.881. The van der Waals surface area contributed by atoms with Gasteiger partial charge in [0.05, 0.1) is 23.4 Å². The topological polar surface area (TPSA) is 72.7 Å². The number of aromatic nitrogens is 3. The summed E-state index contributed by atoms with van der Waals surface area (Å²) in [5.74, 6) is -0.605. The number of alkyl halides is 3. The first-order valence-electron chi connectivity index (χ1n) is 9.56. The largest absolute Gasteiger partial charge is 0.573 e. The molecule has 4 rings (SSSR count). The number of nitrogens with zero attached hydrogens (tertiary/aromatic N) is 5. The lowest BCUT2D eigenvalue weighted by Crippen LogP contribution is -2.43. The number of ether oxygens (including phenoxy) is 2. The van der Waals surface area contributed by atoms with Crippen LogP contribution in [0.2, 0.25) is 0 Å². The monoisotopic (exact) mass is 455 g/mol. The second kappa shape index (κ2) is 8.81. The maximum atomic E-state index is 13.2. The molecule has 1 aromatic carbocycles. The summed E-state index contributed by atoms with van der Waals surface area (Å²) in [7, 11) is 1.67. The van der Waals surface area contributed by atoms with Gasteiger partial charge in [-0.1, -0.05) is 11.3 Å². The van der Waals surface area contributed by atoms with E-state index in [4.69, 9.17) is 4.74 Å². The van der Waals surface area contributed by atoms with Crippen LogP contribution in [0.5, 0.6) is 5.75 Å². The Kier molecular flexibility index (Phi) is 6.12. The first-order chi connectivity index (χ1) is 14.8. The third-order valence-corrected chi connectivity index (χ3v) is 5.88. The van der Waals surface area contributed by atoms with Crippen molar-refractivity contribution in [3.8, 4) is 5.75 Å². The molecule has 2 aromatic heterocycles. The van der Waals surface area contributed by atoms with E-state index in [0.717, 1.165) is 24.4 Å². The van der Waals surface area contributed by atoms with Gasteiger partial charge >= 0.3 is 6.36 Å². The lowest BCUT2D eigenvalue weighted by Gasteiger charge is -2.29. The van der Waals surface area contributed by atoms with E-state index in [2.05, 4.69) is 19.7 Å². The van der Waals surface area contributed by atoms with E-state index in [1.807, 2.05) is 0 Å². The summed E-state index contributed by atoms with van der Waals surface area (Å²) in [5, 5.41) is 4.46. The molecular formula is C19H20F3N5O3S. The number of hydrogen-bond donors (Lipinski definition) is 0. The van der Waals surface area contributed by atoms with Crippen molar-refractivity contribution in [2.45, 2.75) is 6.36 Å². The molecule has 0 spiro atoms. The van der Waals surface area contributed by atoms with Crippen molar-refractivity contribution in [3.05, 3.63) is 36.2 Å². The van der Waals surface area contributed by atoms with Gasteiger partial charge in [0.1, 0.15) is 11.4 Å². The Morgan fingerprint density at radius 3 is 2.74 bits per heavy atom. The third kappa shape index (κ3) is 5.14. The quantitative estimate of drug-likeness (QED) is 0.569. The molecular weight excluding hydrogens is 435 g/mol. The molecule has 1 amide bonds. The number of amides is 1. The minimum atomic E-state index is -4.78. The van der Waals surface area contributed by atoms with Gasteiger partial charge in [0.2, 0.25) is 0 Å². The van der Waals surface area contributed by atoms with Crippen LogP contribution in [0.4, 0.5) is 18.3 Å². The smallest absolute Gasteiger partial charge is 0.406 e. The lowest BCUT2D eigenvalue weighted by atomic mass is 10.3. The molecule has 0 N–H and O–H groups in total. The zero-order valence-corrected chi connectivity index (χ0v) is 17.4. The Morgan fingerprint density at radius 1 is 1.29 bits per heavy atom. The lowest BCUT2D eigenvalue weighted by molar-refractivity contribution is -0.274. The van der Waals surface area contributed by atoms with Crippen molar-refractivity contribution in [2.24, 2.45) is 7.05 Å². The van der Waals surface area contributed by atoms with Crippen LogP contribution in [0.3, 0.4) is 0 Å². The molecule has 1 saturated heterocycles. The van der Waals surface area contributed by atoms with Gasteiger partial charge in [-0.15, -0.1) is 13.2 Å². The zero-order valence-electron chi connectivity index (χ0n) is 16.6. The highest BCUT2D eigenvalue weighted by Crippen LogP contribution is 2.33. The maximum Gasteiger partial charge on any atom is 0.573 e. The van der Waals surface area contributed by atoms with Crippen molar-refractivity contribution in [2.75, 3.05) is 44.3 Å². The fraction of sp³-hybridized carbons (Fsp3) is 0.421. The summed E-state index contributed by atoms with van der Waals surface area (Å²) in [6.45, 7) is 3.80. The normalized spacial score (nSPS) is 15.4. The van der Waals surface area contributed by atoms with E-state index in [-0.39, 0.29) is 11.7 Å².